The van der Waals surface area contributed by atoms with Crippen LogP contribution in [0.1, 0.15) is 25.3 Å². The van der Waals surface area contributed by atoms with Gasteiger partial charge in [0, 0.05) is 11.8 Å². The van der Waals surface area contributed by atoms with Gasteiger partial charge in [0.05, 0.1) is 13.2 Å². The molecule has 0 heterocycles. The van der Waals surface area contributed by atoms with Crippen molar-refractivity contribution in [3.63, 3.8) is 0 Å². The molecule has 0 saturated carbocycles. The highest BCUT2D eigenvalue weighted by Gasteiger charge is 2.03. The zero-order chi connectivity index (χ0) is 17.0. The zero-order valence-electron chi connectivity index (χ0n) is 14.3. The fourth-order valence-electron chi connectivity index (χ4n) is 2.28. The van der Waals surface area contributed by atoms with Gasteiger partial charge in [-0.1, -0.05) is 49.7 Å². The van der Waals surface area contributed by atoms with E-state index < -0.39 is 0 Å². The van der Waals surface area contributed by atoms with Crippen LogP contribution >= 0.6 is 0 Å². The number of ether oxygens (including phenoxy) is 1. The number of unbranched alkanes of at least 4 members (excludes halogenated alkanes) is 1. The maximum atomic E-state index is 12.0. The summed E-state index contributed by atoms with van der Waals surface area (Å²) in [4.78, 5) is 12.0. The first kappa shape index (κ1) is 18.0. The molecule has 0 saturated heterocycles. The topological polar surface area (TPSA) is 50.4 Å². The molecule has 4 nitrogen and oxygen atoms in total. The number of carbonyl (C=O) groups is 1. The van der Waals surface area contributed by atoms with Crippen LogP contribution < -0.4 is 15.4 Å². The lowest BCUT2D eigenvalue weighted by molar-refractivity contribution is -0.115. The van der Waals surface area contributed by atoms with E-state index in [0.717, 1.165) is 37.2 Å². The Morgan fingerprint density at radius 1 is 1.08 bits per heavy atom. The lowest BCUT2D eigenvalue weighted by atomic mass is 10.1. The molecular formula is C20H26N2O2. The largest absolute Gasteiger partial charge is 0.494 e. The summed E-state index contributed by atoms with van der Waals surface area (Å²) in [7, 11) is 0. The average molecular weight is 326 g/mol. The smallest absolute Gasteiger partial charge is 0.238 e. The van der Waals surface area contributed by atoms with E-state index in [9.17, 15) is 4.79 Å². The maximum absolute atomic E-state index is 12.0. The van der Waals surface area contributed by atoms with Gasteiger partial charge in [0.1, 0.15) is 5.75 Å². The van der Waals surface area contributed by atoms with Gasteiger partial charge < -0.3 is 15.4 Å². The number of rotatable bonds is 10. The summed E-state index contributed by atoms with van der Waals surface area (Å²) in [6.07, 6.45) is 3.04. The Morgan fingerprint density at radius 2 is 1.92 bits per heavy atom. The van der Waals surface area contributed by atoms with Gasteiger partial charge in [-0.05, 0) is 37.1 Å². The molecule has 0 atom stereocenters. The first-order chi connectivity index (χ1) is 11.8. The highest BCUT2D eigenvalue weighted by Crippen LogP contribution is 2.17. The van der Waals surface area contributed by atoms with Gasteiger partial charge in [-0.25, -0.2) is 0 Å². The molecular weight excluding hydrogens is 300 g/mol. The van der Waals surface area contributed by atoms with E-state index in [1.807, 2.05) is 42.5 Å². The monoisotopic (exact) mass is 326 g/mol. The van der Waals surface area contributed by atoms with Crippen LogP contribution in [0, 0.1) is 0 Å². The minimum absolute atomic E-state index is 0.0474. The molecule has 4 heteroatoms. The van der Waals surface area contributed by atoms with Crippen LogP contribution in [0.4, 0.5) is 5.69 Å². The van der Waals surface area contributed by atoms with Gasteiger partial charge in [-0.2, -0.15) is 0 Å². The van der Waals surface area contributed by atoms with Crippen LogP contribution in [0.15, 0.2) is 54.6 Å². The fourth-order valence-corrected chi connectivity index (χ4v) is 2.28. The number of hydrogen-bond acceptors (Lipinski definition) is 3. The molecule has 0 fully saturated rings. The number of benzene rings is 2. The van der Waals surface area contributed by atoms with Crippen molar-refractivity contribution in [1.82, 2.24) is 5.32 Å². The summed E-state index contributed by atoms with van der Waals surface area (Å²) in [5.41, 5.74) is 2.03. The van der Waals surface area contributed by atoms with Crippen molar-refractivity contribution < 1.29 is 9.53 Å². The molecule has 0 spiro atoms. The van der Waals surface area contributed by atoms with Crippen LogP contribution in [0.5, 0.6) is 5.75 Å². The molecule has 2 N–H and O–H groups in total. The number of anilines is 1. The Kier molecular flexibility index (Phi) is 7.84. The number of carbonyl (C=O) groups excluding carboxylic acids is 1. The highest BCUT2D eigenvalue weighted by atomic mass is 16.5. The molecule has 0 aliphatic rings. The second-order valence-corrected chi connectivity index (χ2v) is 5.69. The quantitative estimate of drug-likeness (QED) is 0.656. The minimum Gasteiger partial charge on any atom is -0.494 e. The van der Waals surface area contributed by atoms with E-state index >= 15 is 0 Å². The van der Waals surface area contributed by atoms with Crippen LogP contribution in [-0.2, 0) is 11.2 Å². The standard InChI is InChI=1S/C20H26N2O2/c1-2-3-14-24-19-11-7-10-18(15-19)22-20(23)16-21-13-12-17-8-5-4-6-9-17/h4-11,15,21H,2-3,12-14,16H2,1H3,(H,22,23). The van der Waals surface area contributed by atoms with Crippen LogP contribution in [0.2, 0.25) is 0 Å². The zero-order valence-corrected chi connectivity index (χ0v) is 14.3. The van der Waals surface area contributed by atoms with E-state index in [-0.39, 0.29) is 5.91 Å². The van der Waals surface area contributed by atoms with E-state index in [1.54, 1.807) is 0 Å². The Balaban J connectivity index is 1.69. The van der Waals surface area contributed by atoms with Gasteiger partial charge in [-0.3, -0.25) is 4.79 Å². The molecule has 2 aromatic carbocycles. The summed E-state index contributed by atoms with van der Waals surface area (Å²) in [6, 6.07) is 17.8. The molecule has 0 radical (unpaired) electrons. The third-order valence-electron chi connectivity index (χ3n) is 3.60. The number of nitrogens with one attached hydrogen (secondary N) is 2. The number of hydrogen-bond donors (Lipinski definition) is 2. The van der Waals surface area contributed by atoms with Crippen molar-refractivity contribution in [3.8, 4) is 5.75 Å². The third-order valence-corrected chi connectivity index (χ3v) is 3.60. The van der Waals surface area contributed by atoms with Crippen molar-refractivity contribution in [3.05, 3.63) is 60.2 Å². The second kappa shape index (κ2) is 10.4. The fraction of sp³-hybridized carbons (Fsp3) is 0.350. The van der Waals surface area contributed by atoms with Gasteiger partial charge in [0.2, 0.25) is 5.91 Å². The molecule has 24 heavy (non-hydrogen) atoms. The Labute approximate surface area is 144 Å². The van der Waals surface area contributed by atoms with Crippen molar-refractivity contribution >= 4 is 11.6 Å². The molecule has 2 aromatic rings. The predicted molar refractivity (Wildman–Crippen MR) is 98.5 cm³/mol. The summed E-state index contributed by atoms with van der Waals surface area (Å²) < 4.78 is 5.65. The van der Waals surface area contributed by atoms with Crippen LogP contribution in [0.3, 0.4) is 0 Å². The molecule has 0 aliphatic heterocycles. The minimum atomic E-state index is -0.0474. The van der Waals surface area contributed by atoms with Gasteiger partial charge in [0.15, 0.2) is 0 Å². The SMILES string of the molecule is CCCCOc1cccc(NC(=O)CNCCc2ccccc2)c1. The van der Waals surface area contributed by atoms with Gasteiger partial charge >= 0.3 is 0 Å². The lowest BCUT2D eigenvalue weighted by Crippen LogP contribution is -2.29. The van der Waals surface area contributed by atoms with Crippen molar-refractivity contribution in [2.75, 3.05) is 25.0 Å². The normalized spacial score (nSPS) is 10.4. The second-order valence-electron chi connectivity index (χ2n) is 5.69. The van der Waals surface area contributed by atoms with Crippen molar-refractivity contribution in [2.24, 2.45) is 0 Å². The average Bonchev–Trinajstić information content (AvgIpc) is 2.60. The summed E-state index contributed by atoms with van der Waals surface area (Å²) in [5, 5.41) is 6.06. The molecule has 1 amide bonds. The van der Waals surface area contributed by atoms with Crippen LogP contribution in [-0.4, -0.2) is 25.6 Å². The van der Waals surface area contributed by atoms with Gasteiger partial charge in [-0.15, -0.1) is 0 Å². The van der Waals surface area contributed by atoms with E-state index in [4.69, 9.17) is 4.74 Å². The predicted octanol–water partition coefficient (Wildman–Crippen LogP) is 3.64. The molecule has 0 aliphatic carbocycles. The molecule has 0 bridgehead atoms. The van der Waals surface area contributed by atoms with Crippen LogP contribution in [0.25, 0.3) is 0 Å². The van der Waals surface area contributed by atoms with Gasteiger partial charge in [0.25, 0.3) is 0 Å². The number of amides is 1. The maximum Gasteiger partial charge on any atom is 0.238 e. The third kappa shape index (κ3) is 6.84. The first-order valence-corrected chi connectivity index (χ1v) is 8.55. The summed E-state index contributed by atoms with van der Waals surface area (Å²) >= 11 is 0. The van der Waals surface area contributed by atoms with E-state index in [0.29, 0.717) is 13.2 Å². The molecule has 0 aromatic heterocycles. The summed E-state index contributed by atoms with van der Waals surface area (Å²) in [5.74, 6) is 0.743. The molecule has 128 valence electrons. The molecule has 2 rings (SSSR count). The first-order valence-electron chi connectivity index (χ1n) is 8.55. The van der Waals surface area contributed by atoms with Crippen molar-refractivity contribution in [1.29, 1.82) is 0 Å². The Hall–Kier alpha value is -2.33. The Morgan fingerprint density at radius 3 is 2.71 bits per heavy atom. The molecule has 0 unspecified atom stereocenters. The van der Waals surface area contributed by atoms with E-state index in [2.05, 4.69) is 29.7 Å². The summed E-state index contributed by atoms with van der Waals surface area (Å²) in [6.45, 7) is 3.91. The Bertz CT molecular complexity index is 614. The van der Waals surface area contributed by atoms with Crippen molar-refractivity contribution in [2.45, 2.75) is 26.2 Å². The highest BCUT2D eigenvalue weighted by molar-refractivity contribution is 5.92. The lowest BCUT2D eigenvalue weighted by Gasteiger charge is -2.09. The van der Waals surface area contributed by atoms with E-state index in [1.165, 1.54) is 5.56 Å².